The molecule has 0 aliphatic carbocycles. The minimum absolute atomic E-state index is 0.0964. The summed E-state index contributed by atoms with van der Waals surface area (Å²) in [6.45, 7) is 6.99. The minimum atomic E-state index is -1.63. The first-order valence-electron chi connectivity index (χ1n) is 7.52. The fourth-order valence-corrected chi connectivity index (χ4v) is 4.04. The lowest BCUT2D eigenvalue weighted by Crippen LogP contribution is -2.25. The average molecular weight is 378 g/mol. The van der Waals surface area contributed by atoms with Crippen LogP contribution >= 0.6 is 23.1 Å². The monoisotopic (exact) mass is 377 g/mol. The van der Waals surface area contributed by atoms with Gasteiger partial charge >= 0.3 is 0 Å². The van der Waals surface area contributed by atoms with E-state index in [-0.39, 0.29) is 5.56 Å². The van der Waals surface area contributed by atoms with E-state index in [1.807, 2.05) is 17.7 Å². The van der Waals surface area contributed by atoms with Crippen LogP contribution in [0.3, 0.4) is 0 Å². The highest BCUT2D eigenvalue weighted by molar-refractivity contribution is 7.98. The maximum Gasteiger partial charge on any atom is 0.256 e. The quantitative estimate of drug-likeness (QED) is 0.383. The molecular weight excluding hydrogens is 358 g/mol. The smallest absolute Gasteiger partial charge is 0.256 e. The summed E-state index contributed by atoms with van der Waals surface area (Å²) in [5, 5.41) is 3.48. The predicted molar refractivity (Wildman–Crippen MR) is 103 cm³/mol. The zero-order valence-electron chi connectivity index (χ0n) is 14.1. The molecule has 0 unspecified atom stereocenters. The second-order valence-corrected chi connectivity index (χ2v) is 12.6. The number of pyridine rings is 1. The van der Waals surface area contributed by atoms with E-state index in [4.69, 9.17) is 4.43 Å². The van der Waals surface area contributed by atoms with Crippen molar-refractivity contribution in [3.63, 3.8) is 0 Å². The summed E-state index contributed by atoms with van der Waals surface area (Å²) >= 11 is 3.06. The van der Waals surface area contributed by atoms with Crippen LogP contribution in [0.15, 0.2) is 39.7 Å². The van der Waals surface area contributed by atoms with Gasteiger partial charge in [0, 0.05) is 17.6 Å². The Hall–Kier alpha value is -1.48. The van der Waals surface area contributed by atoms with E-state index in [1.54, 1.807) is 34.2 Å². The van der Waals surface area contributed by atoms with Crippen molar-refractivity contribution in [2.24, 2.45) is 0 Å². The first-order chi connectivity index (χ1) is 11.4. The maximum atomic E-state index is 12.6. The Balaban J connectivity index is 2.15. The second kappa shape index (κ2) is 6.79. The van der Waals surface area contributed by atoms with E-state index in [1.165, 1.54) is 11.8 Å². The van der Waals surface area contributed by atoms with Gasteiger partial charge in [-0.3, -0.25) is 9.36 Å². The average Bonchev–Trinajstić information content (AvgIpc) is 2.99. The van der Waals surface area contributed by atoms with Crippen molar-refractivity contribution < 1.29 is 4.43 Å². The first-order valence-corrected chi connectivity index (χ1v) is 13.0. The normalized spacial score (nSPS) is 12.0. The van der Waals surface area contributed by atoms with Gasteiger partial charge in [-0.2, -0.15) is 0 Å². The summed E-state index contributed by atoms with van der Waals surface area (Å²) in [6, 6.07) is 5.28. The molecule has 0 atom stereocenters. The molecule has 5 nitrogen and oxygen atoms in total. The van der Waals surface area contributed by atoms with E-state index >= 15 is 0 Å². The van der Waals surface area contributed by atoms with Crippen molar-refractivity contribution in [2.75, 3.05) is 6.26 Å². The Morgan fingerprint density at radius 1 is 1.29 bits per heavy atom. The number of aromatic nitrogens is 3. The van der Waals surface area contributed by atoms with Crippen LogP contribution in [0.4, 0.5) is 0 Å². The fourth-order valence-electron chi connectivity index (χ4n) is 2.26. The number of nitrogens with zero attached hydrogens (tertiary/aromatic N) is 3. The zero-order chi connectivity index (χ0) is 17.3. The molecule has 0 radical (unpaired) electrons. The van der Waals surface area contributed by atoms with Crippen LogP contribution in [0.1, 0.15) is 4.88 Å². The third kappa shape index (κ3) is 3.61. The van der Waals surface area contributed by atoms with Gasteiger partial charge in [0.2, 0.25) is 0 Å². The Bertz CT molecular complexity index is 931. The number of rotatable bonds is 5. The van der Waals surface area contributed by atoms with Crippen molar-refractivity contribution in [2.45, 2.75) is 31.4 Å². The maximum absolute atomic E-state index is 12.6. The first kappa shape index (κ1) is 17.3. The number of hydrogen-bond acceptors (Lipinski definition) is 6. The number of thioether (sulfide) groups is 1. The topological polar surface area (TPSA) is 57.0 Å². The van der Waals surface area contributed by atoms with Gasteiger partial charge in [0.05, 0.1) is 17.2 Å². The summed E-state index contributed by atoms with van der Waals surface area (Å²) in [6.07, 6.45) is 3.68. The molecule has 0 aromatic carbocycles. The summed E-state index contributed by atoms with van der Waals surface area (Å²) in [5.41, 5.74) is 1.38. The highest BCUT2D eigenvalue weighted by Crippen LogP contribution is 2.25. The van der Waals surface area contributed by atoms with Gasteiger partial charge in [0.25, 0.3) is 5.56 Å². The Morgan fingerprint density at radius 3 is 2.79 bits per heavy atom. The highest BCUT2D eigenvalue weighted by atomic mass is 32.2. The van der Waals surface area contributed by atoms with Gasteiger partial charge in [-0.1, -0.05) is 11.8 Å². The molecule has 0 aliphatic heterocycles. The van der Waals surface area contributed by atoms with Gasteiger partial charge < -0.3 is 4.43 Å². The van der Waals surface area contributed by atoms with Crippen LogP contribution in [0.25, 0.3) is 16.7 Å². The highest BCUT2D eigenvalue weighted by Gasteiger charge is 2.18. The largest absolute Gasteiger partial charge is 0.412 e. The minimum Gasteiger partial charge on any atom is -0.412 e. The van der Waals surface area contributed by atoms with Crippen LogP contribution in [-0.2, 0) is 11.0 Å². The molecule has 0 aliphatic rings. The molecule has 0 spiro atoms. The molecule has 0 saturated heterocycles. The molecule has 0 amide bonds. The molecule has 126 valence electrons. The molecule has 3 rings (SSSR count). The Morgan fingerprint density at radius 2 is 2.08 bits per heavy atom. The van der Waals surface area contributed by atoms with E-state index in [9.17, 15) is 4.79 Å². The SMILES string of the molecule is CSc1ncc2ccc(=O)n(-c3ccsc3CO[Si](C)(C)C)c2n1. The number of fused-ring (bicyclic) bond motifs is 1. The molecule has 24 heavy (non-hydrogen) atoms. The zero-order valence-corrected chi connectivity index (χ0v) is 16.7. The molecule has 0 N–H and O–H groups in total. The van der Waals surface area contributed by atoms with E-state index in [0.29, 0.717) is 17.4 Å². The Kier molecular flexibility index (Phi) is 4.91. The molecule has 8 heteroatoms. The van der Waals surface area contributed by atoms with Crippen LogP contribution in [0.2, 0.25) is 19.6 Å². The van der Waals surface area contributed by atoms with Gasteiger partial charge in [-0.05, 0) is 43.4 Å². The Labute approximate surface area is 149 Å². The summed E-state index contributed by atoms with van der Waals surface area (Å²) in [4.78, 5) is 22.4. The third-order valence-electron chi connectivity index (χ3n) is 3.39. The molecule has 3 aromatic rings. The lowest BCUT2D eigenvalue weighted by atomic mass is 10.3. The predicted octanol–water partition coefficient (Wildman–Crippen LogP) is 3.92. The molecule has 0 saturated carbocycles. The van der Waals surface area contributed by atoms with E-state index in [2.05, 4.69) is 29.6 Å². The summed E-state index contributed by atoms with van der Waals surface area (Å²) < 4.78 is 7.69. The summed E-state index contributed by atoms with van der Waals surface area (Å²) in [7, 11) is -1.63. The molecule has 0 bridgehead atoms. The number of hydrogen-bond donors (Lipinski definition) is 0. The molecule has 3 aromatic heterocycles. The lowest BCUT2D eigenvalue weighted by molar-refractivity contribution is 0.303. The standard InChI is InChI=1S/C16H19N3O2S2Si/c1-22-16-17-9-11-5-6-14(20)19(15(11)18-16)12-7-8-23-13(12)10-21-24(2,3)4/h5-9H,10H2,1-4H3. The van der Waals surface area contributed by atoms with E-state index < -0.39 is 8.32 Å². The molecule has 3 heterocycles. The van der Waals surface area contributed by atoms with Gasteiger partial charge in [0.15, 0.2) is 19.1 Å². The third-order valence-corrected chi connectivity index (χ3v) is 5.85. The molecule has 0 fully saturated rings. The van der Waals surface area contributed by atoms with Crippen molar-refractivity contribution in [1.82, 2.24) is 14.5 Å². The number of thiophene rings is 1. The second-order valence-electron chi connectivity index (χ2n) is 6.27. The molecular formula is C16H19N3O2S2Si. The van der Waals surface area contributed by atoms with Crippen molar-refractivity contribution in [3.05, 3.63) is 45.0 Å². The van der Waals surface area contributed by atoms with Gasteiger partial charge in [-0.25, -0.2) is 9.97 Å². The summed E-state index contributed by atoms with van der Waals surface area (Å²) in [5.74, 6) is 0. The fraction of sp³-hybridized carbons (Fsp3) is 0.312. The van der Waals surface area contributed by atoms with Crippen molar-refractivity contribution >= 4 is 42.4 Å². The van der Waals surface area contributed by atoms with Crippen LogP contribution < -0.4 is 5.56 Å². The lowest BCUT2D eigenvalue weighted by Gasteiger charge is -2.17. The van der Waals surface area contributed by atoms with Gasteiger partial charge in [0.1, 0.15) is 0 Å². The van der Waals surface area contributed by atoms with Gasteiger partial charge in [-0.15, -0.1) is 11.3 Å². The van der Waals surface area contributed by atoms with E-state index in [0.717, 1.165) is 16.0 Å². The van der Waals surface area contributed by atoms with Crippen molar-refractivity contribution in [1.29, 1.82) is 0 Å². The van der Waals surface area contributed by atoms with Crippen LogP contribution in [0, 0.1) is 0 Å². The van der Waals surface area contributed by atoms with Crippen LogP contribution in [-0.4, -0.2) is 29.1 Å². The van der Waals surface area contributed by atoms with Crippen molar-refractivity contribution in [3.8, 4) is 5.69 Å². The van der Waals surface area contributed by atoms with Crippen LogP contribution in [0.5, 0.6) is 0 Å².